The van der Waals surface area contributed by atoms with E-state index in [-0.39, 0.29) is 17.9 Å². The molecule has 0 aromatic heterocycles. The van der Waals surface area contributed by atoms with Crippen LogP contribution < -0.4 is 10.5 Å². The van der Waals surface area contributed by atoms with E-state index in [0.717, 1.165) is 0 Å². The molecule has 0 amide bonds. The quantitative estimate of drug-likeness (QED) is 0.885. The molecule has 2 nitrogen and oxygen atoms in total. The third-order valence-electron chi connectivity index (χ3n) is 3.08. The third-order valence-corrected chi connectivity index (χ3v) is 3.08. The fourth-order valence-electron chi connectivity index (χ4n) is 1.79. The van der Waals surface area contributed by atoms with Crippen molar-refractivity contribution >= 4 is 0 Å². The maximum Gasteiger partial charge on any atom is 0.171 e. The number of rotatable bonds is 3. The molecule has 0 saturated carbocycles. The monoisotopic (exact) mass is 243 g/mol. The molecule has 17 heavy (non-hydrogen) atoms. The molecule has 1 atom stereocenters. The zero-order valence-corrected chi connectivity index (χ0v) is 10.7. The van der Waals surface area contributed by atoms with Gasteiger partial charge in [0.2, 0.25) is 0 Å². The first-order chi connectivity index (χ1) is 7.78. The van der Waals surface area contributed by atoms with E-state index < -0.39 is 16.9 Å². The lowest BCUT2D eigenvalue weighted by Crippen LogP contribution is -2.43. The molecule has 0 aliphatic carbocycles. The van der Waals surface area contributed by atoms with Gasteiger partial charge in [-0.25, -0.2) is 8.78 Å². The molecule has 1 aromatic carbocycles. The summed E-state index contributed by atoms with van der Waals surface area (Å²) in [7, 11) is 1.35. The Morgan fingerprint density at radius 2 is 1.88 bits per heavy atom. The van der Waals surface area contributed by atoms with E-state index >= 15 is 0 Å². The lowest BCUT2D eigenvalue weighted by atomic mass is 9.73. The molecule has 1 rings (SSSR count). The predicted molar refractivity (Wildman–Crippen MR) is 64.2 cm³/mol. The molecule has 1 unspecified atom stereocenters. The Kier molecular flexibility index (Phi) is 3.77. The minimum Gasteiger partial charge on any atom is -0.494 e. The summed E-state index contributed by atoms with van der Waals surface area (Å²) in [5.74, 6) is -0.653. The molecule has 1 aromatic rings. The van der Waals surface area contributed by atoms with E-state index in [1.54, 1.807) is 26.8 Å². The van der Waals surface area contributed by atoms with Crippen molar-refractivity contribution in [1.82, 2.24) is 0 Å². The highest BCUT2D eigenvalue weighted by Gasteiger charge is 2.45. The smallest absolute Gasteiger partial charge is 0.171 e. The summed E-state index contributed by atoms with van der Waals surface area (Å²) >= 11 is 0. The fraction of sp³-hybridized carbons (Fsp3) is 0.538. The zero-order valence-electron chi connectivity index (χ0n) is 10.7. The summed E-state index contributed by atoms with van der Waals surface area (Å²) in [6.07, 6.45) is 0. The van der Waals surface area contributed by atoms with E-state index in [1.807, 2.05) is 0 Å². The van der Waals surface area contributed by atoms with E-state index in [1.165, 1.54) is 19.2 Å². The Labute approximate surface area is 101 Å². The van der Waals surface area contributed by atoms with Gasteiger partial charge in [-0.2, -0.15) is 0 Å². The number of benzene rings is 1. The van der Waals surface area contributed by atoms with Crippen LogP contribution in [0.3, 0.4) is 0 Å². The van der Waals surface area contributed by atoms with E-state index in [0.29, 0.717) is 0 Å². The number of hydrogen-bond acceptors (Lipinski definition) is 2. The molecule has 0 aliphatic rings. The minimum atomic E-state index is -1.92. The van der Waals surface area contributed by atoms with Gasteiger partial charge in [0, 0.05) is 17.5 Å². The number of nitrogens with two attached hydrogens (primary N) is 1. The summed E-state index contributed by atoms with van der Waals surface area (Å²) in [4.78, 5) is 0. The maximum absolute atomic E-state index is 14.9. The van der Waals surface area contributed by atoms with Crippen molar-refractivity contribution in [3.05, 3.63) is 29.6 Å². The van der Waals surface area contributed by atoms with Crippen LogP contribution in [0.25, 0.3) is 0 Å². The highest BCUT2D eigenvalue weighted by Crippen LogP contribution is 2.44. The lowest BCUT2D eigenvalue weighted by Gasteiger charge is -2.37. The third kappa shape index (κ3) is 2.27. The summed E-state index contributed by atoms with van der Waals surface area (Å²) in [5, 5.41) is 0. The summed E-state index contributed by atoms with van der Waals surface area (Å²) in [5.41, 5.74) is 2.73. The van der Waals surface area contributed by atoms with Gasteiger partial charge in [-0.15, -0.1) is 0 Å². The van der Waals surface area contributed by atoms with Crippen LogP contribution in [-0.2, 0) is 5.67 Å². The topological polar surface area (TPSA) is 35.2 Å². The van der Waals surface area contributed by atoms with Crippen molar-refractivity contribution < 1.29 is 13.5 Å². The van der Waals surface area contributed by atoms with Crippen LogP contribution in [0.2, 0.25) is 0 Å². The Morgan fingerprint density at radius 3 is 2.29 bits per heavy atom. The van der Waals surface area contributed by atoms with Gasteiger partial charge in [-0.1, -0.05) is 32.9 Å². The van der Waals surface area contributed by atoms with Gasteiger partial charge in [0.15, 0.2) is 17.2 Å². The second kappa shape index (κ2) is 4.61. The van der Waals surface area contributed by atoms with Gasteiger partial charge >= 0.3 is 0 Å². The van der Waals surface area contributed by atoms with Crippen molar-refractivity contribution in [2.24, 2.45) is 11.1 Å². The Hall–Kier alpha value is -1.16. The molecule has 0 spiro atoms. The Bertz CT molecular complexity index is 401. The van der Waals surface area contributed by atoms with E-state index in [9.17, 15) is 8.78 Å². The molecule has 0 saturated heterocycles. The van der Waals surface area contributed by atoms with E-state index in [2.05, 4.69) is 0 Å². The zero-order chi connectivity index (χ0) is 13.3. The SMILES string of the molecule is COc1cccc(C(F)(CN)C(C)(C)C)c1F. The Morgan fingerprint density at radius 1 is 1.29 bits per heavy atom. The molecule has 0 aliphatic heterocycles. The highest BCUT2D eigenvalue weighted by atomic mass is 19.1. The van der Waals surface area contributed by atoms with Crippen molar-refractivity contribution in [3.8, 4) is 5.75 Å². The minimum absolute atomic E-state index is 0.0298. The molecule has 96 valence electrons. The molecule has 2 N–H and O–H groups in total. The van der Waals surface area contributed by atoms with Crippen LogP contribution in [0.15, 0.2) is 18.2 Å². The normalized spacial score (nSPS) is 15.5. The van der Waals surface area contributed by atoms with Crippen molar-refractivity contribution in [1.29, 1.82) is 0 Å². The van der Waals surface area contributed by atoms with Crippen LogP contribution >= 0.6 is 0 Å². The number of halogens is 2. The number of alkyl halides is 1. The largest absolute Gasteiger partial charge is 0.494 e. The standard InChI is InChI=1S/C13H19F2NO/c1-12(2,3)13(15,8-16)9-6-5-7-10(17-4)11(9)14/h5-7H,8,16H2,1-4H3. The average Bonchev–Trinajstić information content (AvgIpc) is 2.27. The summed E-state index contributed by atoms with van der Waals surface area (Å²) < 4.78 is 33.8. The summed E-state index contributed by atoms with van der Waals surface area (Å²) in [6.45, 7) is 4.80. The highest BCUT2D eigenvalue weighted by molar-refractivity contribution is 5.36. The molecule has 0 radical (unpaired) electrons. The van der Waals surface area contributed by atoms with E-state index in [4.69, 9.17) is 10.5 Å². The molecule has 0 fully saturated rings. The average molecular weight is 243 g/mol. The van der Waals surface area contributed by atoms with Gasteiger partial charge in [0.05, 0.1) is 7.11 Å². The van der Waals surface area contributed by atoms with Gasteiger partial charge < -0.3 is 10.5 Å². The second-order valence-electron chi connectivity index (χ2n) is 5.08. The van der Waals surface area contributed by atoms with Crippen LogP contribution in [0.5, 0.6) is 5.75 Å². The van der Waals surface area contributed by atoms with Gasteiger partial charge in [-0.05, 0) is 6.07 Å². The number of hydrogen-bond donors (Lipinski definition) is 1. The van der Waals surface area contributed by atoms with Crippen LogP contribution in [0.4, 0.5) is 8.78 Å². The fourth-order valence-corrected chi connectivity index (χ4v) is 1.79. The molecule has 0 bridgehead atoms. The van der Waals surface area contributed by atoms with Gasteiger partial charge in [0.1, 0.15) is 0 Å². The Balaban J connectivity index is 3.41. The van der Waals surface area contributed by atoms with Crippen LogP contribution in [0, 0.1) is 11.2 Å². The second-order valence-corrected chi connectivity index (χ2v) is 5.08. The van der Waals surface area contributed by atoms with Crippen molar-refractivity contribution in [3.63, 3.8) is 0 Å². The van der Waals surface area contributed by atoms with Crippen molar-refractivity contribution in [2.45, 2.75) is 26.4 Å². The summed E-state index contributed by atoms with van der Waals surface area (Å²) in [6, 6.07) is 4.43. The molecule has 4 heteroatoms. The first-order valence-electron chi connectivity index (χ1n) is 5.50. The van der Waals surface area contributed by atoms with Gasteiger partial charge in [0.25, 0.3) is 0 Å². The van der Waals surface area contributed by atoms with Crippen LogP contribution in [0.1, 0.15) is 26.3 Å². The van der Waals surface area contributed by atoms with Crippen molar-refractivity contribution in [2.75, 3.05) is 13.7 Å². The molecular weight excluding hydrogens is 224 g/mol. The van der Waals surface area contributed by atoms with Gasteiger partial charge in [-0.3, -0.25) is 0 Å². The first-order valence-corrected chi connectivity index (χ1v) is 5.50. The first kappa shape index (κ1) is 13.9. The molecule has 0 heterocycles. The maximum atomic E-state index is 14.9. The number of methoxy groups -OCH3 is 1. The van der Waals surface area contributed by atoms with Crippen LogP contribution in [-0.4, -0.2) is 13.7 Å². The number of ether oxygens (including phenoxy) is 1. The lowest BCUT2D eigenvalue weighted by molar-refractivity contribution is 0.0303. The predicted octanol–water partition coefficient (Wildman–Crippen LogP) is 3.00. The molecular formula is C13H19F2NO.